The number of hydrogen-bond donors (Lipinski definition) is 1. The molecule has 0 aliphatic rings. The molecule has 0 amide bonds. The van der Waals surface area contributed by atoms with Gasteiger partial charge in [-0.25, -0.2) is 9.78 Å². The summed E-state index contributed by atoms with van der Waals surface area (Å²) < 4.78 is 10.5. The number of ether oxygens (including phenoxy) is 1. The van der Waals surface area contributed by atoms with Crippen LogP contribution in [0.25, 0.3) is 22.1 Å². The third-order valence-electron chi connectivity index (χ3n) is 2.87. The number of pyridine rings is 1. The summed E-state index contributed by atoms with van der Waals surface area (Å²) in [4.78, 5) is 15.9. The summed E-state index contributed by atoms with van der Waals surface area (Å²) >= 11 is 0. The number of nitrogens with zero attached hydrogens (tertiary/aromatic N) is 1. The summed E-state index contributed by atoms with van der Waals surface area (Å²) in [5.41, 5.74) is 7.34. The van der Waals surface area contributed by atoms with E-state index in [0.717, 1.165) is 10.8 Å². The number of furan rings is 1. The zero-order valence-corrected chi connectivity index (χ0v) is 10.3. The van der Waals surface area contributed by atoms with Gasteiger partial charge >= 0.3 is 5.97 Å². The average molecular weight is 256 g/mol. The van der Waals surface area contributed by atoms with Crippen LogP contribution in [0.1, 0.15) is 17.4 Å². The maximum Gasteiger partial charge on any atom is 0.359 e. The maximum absolute atomic E-state index is 11.7. The van der Waals surface area contributed by atoms with Crippen LogP contribution in [0.4, 0.5) is 5.69 Å². The first-order chi connectivity index (χ1) is 9.20. The van der Waals surface area contributed by atoms with Crippen molar-refractivity contribution in [2.24, 2.45) is 0 Å². The molecule has 0 radical (unpaired) electrons. The smallest absolute Gasteiger partial charge is 0.359 e. The SMILES string of the molecule is CCOC(=O)c1nc2oc3ccccc3c2cc1N. The third kappa shape index (κ3) is 1.79. The quantitative estimate of drug-likeness (QED) is 0.713. The molecule has 0 unspecified atom stereocenters. The first-order valence-corrected chi connectivity index (χ1v) is 5.95. The molecule has 0 spiro atoms. The fraction of sp³-hybridized carbons (Fsp3) is 0.143. The molecule has 0 atom stereocenters. The number of benzene rings is 1. The highest BCUT2D eigenvalue weighted by Crippen LogP contribution is 2.29. The molecular weight excluding hydrogens is 244 g/mol. The molecule has 1 aromatic carbocycles. The zero-order chi connectivity index (χ0) is 13.4. The van der Waals surface area contributed by atoms with Crippen LogP contribution in [0.2, 0.25) is 0 Å². The van der Waals surface area contributed by atoms with E-state index in [2.05, 4.69) is 4.98 Å². The van der Waals surface area contributed by atoms with Crippen LogP contribution in [0.15, 0.2) is 34.7 Å². The van der Waals surface area contributed by atoms with Gasteiger partial charge in [0, 0.05) is 5.39 Å². The maximum atomic E-state index is 11.7. The first kappa shape index (κ1) is 11.5. The Morgan fingerprint density at radius 3 is 2.95 bits per heavy atom. The van der Waals surface area contributed by atoms with E-state index >= 15 is 0 Å². The molecule has 5 nitrogen and oxygen atoms in total. The topological polar surface area (TPSA) is 78.3 Å². The second-order valence-electron chi connectivity index (χ2n) is 4.10. The number of para-hydroxylation sites is 1. The number of aromatic nitrogens is 1. The van der Waals surface area contributed by atoms with Gasteiger partial charge in [0.2, 0.25) is 5.71 Å². The van der Waals surface area contributed by atoms with Crippen LogP contribution in [-0.2, 0) is 4.74 Å². The van der Waals surface area contributed by atoms with Crippen molar-refractivity contribution in [2.45, 2.75) is 6.92 Å². The molecule has 0 fully saturated rings. The molecule has 96 valence electrons. The number of esters is 1. The van der Waals surface area contributed by atoms with Crippen LogP contribution < -0.4 is 5.73 Å². The highest BCUT2D eigenvalue weighted by atomic mass is 16.5. The number of anilines is 1. The molecule has 0 aliphatic heterocycles. The normalized spacial score (nSPS) is 11.0. The van der Waals surface area contributed by atoms with Gasteiger partial charge in [-0.15, -0.1) is 0 Å². The van der Waals surface area contributed by atoms with Gasteiger partial charge in [0.25, 0.3) is 0 Å². The molecule has 0 bridgehead atoms. The van der Waals surface area contributed by atoms with E-state index in [1.54, 1.807) is 13.0 Å². The second kappa shape index (κ2) is 4.28. The number of fused-ring (bicyclic) bond motifs is 3. The van der Waals surface area contributed by atoms with Gasteiger partial charge in [-0.3, -0.25) is 0 Å². The highest BCUT2D eigenvalue weighted by Gasteiger charge is 2.17. The molecule has 5 heteroatoms. The molecule has 2 N–H and O–H groups in total. The van der Waals surface area contributed by atoms with Crippen LogP contribution in [0.5, 0.6) is 0 Å². The number of hydrogen-bond acceptors (Lipinski definition) is 5. The summed E-state index contributed by atoms with van der Waals surface area (Å²) in [5.74, 6) is -0.539. The summed E-state index contributed by atoms with van der Waals surface area (Å²) in [5, 5.41) is 1.72. The average Bonchev–Trinajstić information content (AvgIpc) is 2.76. The minimum Gasteiger partial charge on any atom is -0.461 e. The summed E-state index contributed by atoms with van der Waals surface area (Å²) in [6, 6.07) is 9.25. The second-order valence-corrected chi connectivity index (χ2v) is 4.10. The Morgan fingerprint density at radius 1 is 1.37 bits per heavy atom. The Kier molecular flexibility index (Phi) is 2.59. The predicted octanol–water partition coefficient (Wildman–Crippen LogP) is 2.74. The van der Waals surface area contributed by atoms with E-state index < -0.39 is 5.97 Å². The molecular formula is C14H12N2O3. The number of carbonyl (C=O) groups is 1. The van der Waals surface area contributed by atoms with Crippen LogP contribution >= 0.6 is 0 Å². The number of nitrogens with two attached hydrogens (primary N) is 1. The lowest BCUT2D eigenvalue weighted by atomic mass is 10.1. The van der Waals surface area contributed by atoms with E-state index in [0.29, 0.717) is 11.3 Å². The van der Waals surface area contributed by atoms with Crippen molar-refractivity contribution in [1.82, 2.24) is 4.98 Å². The summed E-state index contributed by atoms with van der Waals surface area (Å²) in [7, 11) is 0. The van der Waals surface area contributed by atoms with Crippen molar-refractivity contribution < 1.29 is 13.9 Å². The molecule has 0 saturated heterocycles. The highest BCUT2D eigenvalue weighted by molar-refractivity contribution is 6.06. The molecule has 3 rings (SSSR count). The Morgan fingerprint density at radius 2 is 2.16 bits per heavy atom. The van der Waals surface area contributed by atoms with Crippen LogP contribution in [-0.4, -0.2) is 17.6 Å². The van der Waals surface area contributed by atoms with Gasteiger partial charge < -0.3 is 14.9 Å². The molecule has 2 heterocycles. The van der Waals surface area contributed by atoms with Gasteiger partial charge in [0.05, 0.1) is 17.7 Å². The first-order valence-electron chi connectivity index (χ1n) is 5.95. The Bertz CT molecular complexity index is 777. The summed E-state index contributed by atoms with van der Waals surface area (Å²) in [6.07, 6.45) is 0. The molecule has 0 saturated carbocycles. The molecule has 2 aromatic heterocycles. The van der Waals surface area contributed by atoms with E-state index in [1.807, 2.05) is 24.3 Å². The lowest BCUT2D eigenvalue weighted by Crippen LogP contribution is -2.10. The van der Waals surface area contributed by atoms with E-state index in [4.69, 9.17) is 14.9 Å². The summed E-state index contributed by atoms with van der Waals surface area (Å²) in [6.45, 7) is 2.01. The van der Waals surface area contributed by atoms with Crippen molar-refractivity contribution in [3.05, 3.63) is 36.0 Å². The van der Waals surface area contributed by atoms with Gasteiger partial charge in [-0.1, -0.05) is 18.2 Å². The van der Waals surface area contributed by atoms with E-state index in [-0.39, 0.29) is 18.0 Å². The largest absolute Gasteiger partial charge is 0.461 e. The predicted molar refractivity (Wildman–Crippen MR) is 71.9 cm³/mol. The fourth-order valence-corrected chi connectivity index (χ4v) is 2.03. The van der Waals surface area contributed by atoms with Crippen molar-refractivity contribution in [1.29, 1.82) is 0 Å². The Balaban J connectivity index is 2.25. The van der Waals surface area contributed by atoms with E-state index in [9.17, 15) is 4.79 Å². The fourth-order valence-electron chi connectivity index (χ4n) is 2.03. The van der Waals surface area contributed by atoms with Gasteiger partial charge in [0.1, 0.15) is 5.58 Å². The molecule has 0 aliphatic carbocycles. The monoisotopic (exact) mass is 256 g/mol. The minimum atomic E-state index is -0.539. The lowest BCUT2D eigenvalue weighted by Gasteiger charge is -2.03. The van der Waals surface area contributed by atoms with Crippen LogP contribution in [0.3, 0.4) is 0 Å². The van der Waals surface area contributed by atoms with Crippen LogP contribution in [0, 0.1) is 0 Å². The zero-order valence-electron chi connectivity index (χ0n) is 10.3. The molecule has 3 aromatic rings. The van der Waals surface area contributed by atoms with Gasteiger partial charge in [0.15, 0.2) is 5.69 Å². The number of rotatable bonds is 2. The van der Waals surface area contributed by atoms with Crippen molar-refractivity contribution >= 4 is 33.7 Å². The standard InChI is InChI=1S/C14H12N2O3/c1-2-18-14(17)12-10(15)7-9-8-5-3-4-6-11(8)19-13(9)16-12/h3-7H,2,15H2,1H3. The van der Waals surface area contributed by atoms with E-state index in [1.165, 1.54) is 0 Å². The molecule has 19 heavy (non-hydrogen) atoms. The van der Waals surface area contributed by atoms with Gasteiger partial charge in [-0.2, -0.15) is 0 Å². The van der Waals surface area contributed by atoms with Gasteiger partial charge in [-0.05, 0) is 19.1 Å². The lowest BCUT2D eigenvalue weighted by molar-refractivity contribution is 0.0521. The number of nitrogen functional groups attached to an aromatic ring is 1. The van der Waals surface area contributed by atoms with Crippen molar-refractivity contribution in [3.63, 3.8) is 0 Å². The number of carbonyl (C=O) groups excluding carboxylic acids is 1. The Hall–Kier alpha value is -2.56. The van der Waals surface area contributed by atoms with Crippen molar-refractivity contribution in [3.8, 4) is 0 Å². The Labute approximate surface area is 109 Å². The minimum absolute atomic E-state index is 0.0911. The third-order valence-corrected chi connectivity index (χ3v) is 2.87. The van der Waals surface area contributed by atoms with Crippen molar-refractivity contribution in [2.75, 3.05) is 12.3 Å².